The quantitative estimate of drug-likeness (QED) is 0.409. The van der Waals surface area contributed by atoms with Crippen molar-refractivity contribution in [1.29, 1.82) is 0 Å². The molecule has 134 valence electrons. The third kappa shape index (κ3) is 3.41. The number of rotatable bonds is 4. The molecule has 5 heteroatoms. The summed E-state index contributed by atoms with van der Waals surface area (Å²) in [7, 11) is 4.06. The van der Waals surface area contributed by atoms with Crippen LogP contribution in [0.4, 0.5) is 5.69 Å². The number of anilines is 1. The maximum atomic E-state index is 12.4. The van der Waals surface area contributed by atoms with Crippen LogP contribution in [0, 0.1) is 0 Å². The highest BCUT2D eigenvalue weighted by Crippen LogP contribution is 2.28. The molecular formula is C22H19N3OS. The second kappa shape index (κ2) is 7.21. The molecule has 0 fully saturated rings. The number of carbonyl (C=O) groups excluding carboxylic acids is 1. The summed E-state index contributed by atoms with van der Waals surface area (Å²) in [5.41, 5.74) is 4.76. The molecule has 4 aromatic rings. The minimum absolute atomic E-state index is 0.193. The minimum atomic E-state index is -0.193. The highest BCUT2D eigenvalue weighted by atomic mass is 32.1. The Hall–Kier alpha value is -3.18. The molecule has 0 saturated carbocycles. The molecule has 0 atom stereocenters. The Morgan fingerprint density at radius 2 is 1.74 bits per heavy atom. The Bertz CT molecular complexity index is 1130. The lowest BCUT2D eigenvalue weighted by Crippen LogP contribution is -2.16. The average molecular weight is 373 g/mol. The first-order valence-electron chi connectivity index (χ1n) is 8.64. The van der Waals surface area contributed by atoms with Crippen molar-refractivity contribution in [2.45, 2.75) is 0 Å². The second-order valence-corrected chi connectivity index (χ2v) is 7.55. The lowest BCUT2D eigenvalue weighted by Gasteiger charge is -2.16. The molecule has 0 aliphatic carbocycles. The van der Waals surface area contributed by atoms with Gasteiger partial charge in [-0.3, -0.25) is 4.79 Å². The zero-order chi connectivity index (χ0) is 18.8. The van der Waals surface area contributed by atoms with Crippen molar-refractivity contribution < 1.29 is 4.79 Å². The number of nitrogens with zero attached hydrogens (tertiary/aromatic N) is 2. The molecule has 0 aliphatic heterocycles. The van der Waals surface area contributed by atoms with Gasteiger partial charge in [0.25, 0.3) is 5.91 Å². The molecule has 27 heavy (non-hydrogen) atoms. The number of hydrogen-bond donors (Lipinski definition) is 1. The van der Waals surface area contributed by atoms with E-state index in [-0.39, 0.29) is 5.91 Å². The Morgan fingerprint density at radius 1 is 1.00 bits per heavy atom. The van der Waals surface area contributed by atoms with Crippen molar-refractivity contribution in [2.24, 2.45) is 5.10 Å². The van der Waals surface area contributed by atoms with Gasteiger partial charge in [0.2, 0.25) is 0 Å². The van der Waals surface area contributed by atoms with E-state index in [9.17, 15) is 4.79 Å². The van der Waals surface area contributed by atoms with Gasteiger partial charge in [0, 0.05) is 35.4 Å². The summed E-state index contributed by atoms with van der Waals surface area (Å²) in [6, 6.07) is 22.1. The van der Waals surface area contributed by atoms with Crippen molar-refractivity contribution in [2.75, 3.05) is 19.0 Å². The molecule has 0 unspecified atom stereocenters. The molecule has 0 bridgehead atoms. The normalized spacial score (nSPS) is 11.3. The largest absolute Gasteiger partial charge is 0.377 e. The minimum Gasteiger partial charge on any atom is -0.377 e. The Kier molecular flexibility index (Phi) is 4.60. The molecule has 4 rings (SSSR count). The number of nitrogens with one attached hydrogen (secondary N) is 1. The molecule has 1 amide bonds. The van der Waals surface area contributed by atoms with Crippen LogP contribution in [0.15, 0.2) is 71.8 Å². The molecule has 1 heterocycles. The summed E-state index contributed by atoms with van der Waals surface area (Å²) in [4.78, 5) is 15.1. The maximum absolute atomic E-state index is 12.4. The molecule has 0 aliphatic rings. The molecule has 0 spiro atoms. The number of fused-ring (bicyclic) bond motifs is 2. The van der Waals surface area contributed by atoms with E-state index in [1.807, 2.05) is 62.6 Å². The monoisotopic (exact) mass is 373 g/mol. The third-order valence-electron chi connectivity index (χ3n) is 4.44. The van der Waals surface area contributed by atoms with E-state index in [4.69, 9.17) is 0 Å². The van der Waals surface area contributed by atoms with Gasteiger partial charge in [-0.25, -0.2) is 5.43 Å². The Morgan fingerprint density at radius 3 is 2.52 bits per heavy atom. The van der Waals surface area contributed by atoms with Crippen LogP contribution >= 0.6 is 11.3 Å². The van der Waals surface area contributed by atoms with Gasteiger partial charge >= 0.3 is 0 Å². The van der Waals surface area contributed by atoms with Crippen LogP contribution < -0.4 is 10.3 Å². The molecule has 4 nitrogen and oxygen atoms in total. The highest BCUT2D eigenvalue weighted by Gasteiger charge is 2.09. The van der Waals surface area contributed by atoms with Crippen LogP contribution in [0.5, 0.6) is 0 Å². The molecule has 1 aromatic heterocycles. The summed E-state index contributed by atoms with van der Waals surface area (Å²) in [5.74, 6) is -0.193. The van der Waals surface area contributed by atoms with Gasteiger partial charge in [0.05, 0.1) is 11.1 Å². The number of hydrogen-bond acceptors (Lipinski definition) is 4. The van der Waals surface area contributed by atoms with Crippen LogP contribution in [-0.4, -0.2) is 26.2 Å². The number of carbonyl (C=O) groups is 1. The van der Waals surface area contributed by atoms with E-state index in [0.717, 1.165) is 32.1 Å². The van der Waals surface area contributed by atoms with E-state index in [1.54, 1.807) is 6.21 Å². The van der Waals surface area contributed by atoms with Gasteiger partial charge in [-0.15, -0.1) is 11.3 Å². The lowest BCUT2D eigenvalue weighted by molar-refractivity contribution is 0.0959. The fourth-order valence-electron chi connectivity index (χ4n) is 3.12. The number of thiophene rings is 1. The molecule has 0 saturated heterocycles. The predicted molar refractivity (Wildman–Crippen MR) is 115 cm³/mol. The number of hydrazone groups is 1. The van der Waals surface area contributed by atoms with Crippen LogP contribution in [0.1, 0.15) is 15.2 Å². The number of benzene rings is 3. The summed E-state index contributed by atoms with van der Waals surface area (Å²) in [5, 5.41) is 7.51. The summed E-state index contributed by atoms with van der Waals surface area (Å²) < 4.78 is 1.09. The van der Waals surface area contributed by atoms with Crippen LogP contribution in [0.25, 0.3) is 20.9 Å². The zero-order valence-corrected chi connectivity index (χ0v) is 16.0. The molecule has 1 N–H and O–H groups in total. The maximum Gasteiger partial charge on any atom is 0.281 e. The Labute approximate surface area is 161 Å². The molecule has 0 radical (unpaired) electrons. The topological polar surface area (TPSA) is 44.7 Å². The van der Waals surface area contributed by atoms with E-state index >= 15 is 0 Å². The molecule has 3 aromatic carbocycles. The van der Waals surface area contributed by atoms with Crippen molar-refractivity contribution in [3.8, 4) is 0 Å². The fourth-order valence-corrected chi connectivity index (χ4v) is 4.07. The fraction of sp³-hybridized carbons (Fsp3) is 0.0909. The first kappa shape index (κ1) is 17.2. The van der Waals surface area contributed by atoms with E-state index in [2.05, 4.69) is 33.6 Å². The van der Waals surface area contributed by atoms with E-state index in [1.165, 1.54) is 11.3 Å². The second-order valence-electron chi connectivity index (χ2n) is 6.46. The predicted octanol–water partition coefficient (Wildman–Crippen LogP) is 4.88. The van der Waals surface area contributed by atoms with Gasteiger partial charge in [-0.1, -0.05) is 48.5 Å². The van der Waals surface area contributed by atoms with Crippen molar-refractivity contribution in [3.05, 3.63) is 77.2 Å². The van der Waals surface area contributed by atoms with Crippen LogP contribution in [0.2, 0.25) is 0 Å². The van der Waals surface area contributed by atoms with Gasteiger partial charge in [-0.05, 0) is 29.0 Å². The van der Waals surface area contributed by atoms with Gasteiger partial charge in [0.1, 0.15) is 0 Å². The average Bonchev–Trinajstić information content (AvgIpc) is 3.12. The lowest BCUT2D eigenvalue weighted by atomic mass is 10.0. The third-order valence-corrected chi connectivity index (χ3v) is 5.55. The van der Waals surface area contributed by atoms with E-state index < -0.39 is 0 Å². The first-order chi connectivity index (χ1) is 13.1. The van der Waals surface area contributed by atoms with E-state index in [0.29, 0.717) is 4.88 Å². The van der Waals surface area contributed by atoms with Gasteiger partial charge in [-0.2, -0.15) is 5.10 Å². The first-order valence-corrected chi connectivity index (χ1v) is 9.46. The Balaban J connectivity index is 1.58. The van der Waals surface area contributed by atoms with Gasteiger partial charge in [0.15, 0.2) is 0 Å². The smallest absolute Gasteiger partial charge is 0.281 e. The standard InChI is InChI=1S/C22H19N3OS/c1-25(2)19-12-11-16(17-8-4-5-9-18(17)19)14-23-24-22(26)21-13-15-7-3-6-10-20(15)27-21/h3-14H,1-2H3,(H,24,26)/b23-14+. The van der Waals surface area contributed by atoms with Gasteiger partial charge < -0.3 is 4.90 Å². The van der Waals surface area contributed by atoms with Crippen molar-refractivity contribution in [1.82, 2.24) is 5.43 Å². The van der Waals surface area contributed by atoms with Crippen LogP contribution in [-0.2, 0) is 0 Å². The zero-order valence-electron chi connectivity index (χ0n) is 15.1. The van der Waals surface area contributed by atoms with Crippen molar-refractivity contribution >= 4 is 50.0 Å². The highest BCUT2D eigenvalue weighted by molar-refractivity contribution is 7.20. The van der Waals surface area contributed by atoms with Crippen LogP contribution in [0.3, 0.4) is 0 Å². The van der Waals surface area contributed by atoms with Crippen molar-refractivity contribution in [3.63, 3.8) is 0 Å². The summed E-state index contributed by atoms with van der Waals surface area (Å²) in [6.45, 7) is 0. The molecular weight excluding hydrogens is 354 g/mol. The number of amides is 1. The summed E-state index contributed by atoms with van der Waals surface area (Å²) in [6.07, 6.45) is 1.70. The summed E-state index contributed by atoms with van der Waals surface area (Å²) >= 11 is 1.47. The SMILES string of the molecule is CN(C)c1ccc(/C=N/NC(=O)c2cc3ccccc3s2)c2ccccc12.